The fraction of sp³-hybridized carbons (Fsp3) is 0.360. The molecule has 7 heteroatoms. The molecule has 1 amide bonds. The van der Waals surface area contributed by atoms with Gasteiger partial charge in [0.05, 0.1) is 6.61 Å². The highest BCUT2D eigenvalue weighted by Gasteiger charge is 2.34. The van der Waals surface area contributed by atoms with E-state index in [4.69, 9.17) is 19.7 Å². The summed E-state index contributed by atoms with van der Waals surface area (Å²) in [6.07, 6.45) is 2.67. The molecule has 2 rings (SSSR count). The molecule has 0 saturated heterocycles. The van der Waals surface area contributed by atoms with Gasteiger partial charge in [-0.25, -0.2) is 9.59 Å². The Balaban J connectivity index is 2.19. The first-order valence-electron chi connectivity index (χ1n) is 10.5. The highest BCUT2D eigenvalue weighted by molar-refractivity contribution is 5.84. The Morgan fingerprint density at radius 3 is 2.34 bits per heavy atom. The van der Waals surface area contributed by atoms with Crippen molar-refractivity contribution in [1.29, 1.82) is 0 Å². The third-order valence-electron chi connectivity index (χ3n) is 4.99. The van der Waals surface area contributed by atoms with Crippen LogP contribution in [0.2, 0.25) is 0 Å². The molecule has 0 aliphatic carbocycles. The standard InChI is InChI=1S/C25H31NO6/c1-18-7-11-20(12-8-18)26-24(30)32-23(25(2,3)15-5-4-6-22(28)29)19-9-13-21(14-10-19)31-17-16-27/h4,6-14,23,27H,5,15-17H2,1-3H3,(H,26,30)(H,28,29)/b6-4+/t23-/m1/s1. The van der Waals surface area contributed by atoms with Gasteiger partial charge in [0.25, 0.3) is 0 Å². The molecule has 0 aliphatic rings. The van der Waals surface area contributed by atoms with Gasteiger partial charge in [0.1, 0.15) is 18.5 Å². The Labute approximate surface area is 188 Å². The third-order valence-corrected chi connectivity index (χ3v) is 4.99. The van der Waals surface area contributed by atoms with E-state index in [0.29, 0.717) is 24.3 Å². The molecular formula is C25H31NO6. The van der Waals surface area contributed by atoms with Crippen molar-refractivity contribution >= 4 is 17.7 Å². The monoisotopic (exact) mass is 441 g/mol. The lowest BCUT2D eigenvalue weighted by Gasteiger charge is -2.34. The van der Waals surface area contributed by atoms with E-state index in [-0.39, 0.29) is 13.2 Å². The molecule has 1 atom stereocenters. The number of carbonyl (C=O) groups excluding carboxylic acids is 1. The lowest BCUT2D eigenvalue weighted by molar-refractivity contribution is -0.131. The fourth-order valence-electron chi connectivity index (χ4n) is 3.24. The summed E-state index contributed by atoms with van der Waals surface area (Å²) in [7, 11) is 0. The number of hydrogen-bond acceptors (Lipinski definition) is 5. The number of carboxylic acids is 1. The van der Waals surface area contributed by atoms with Crippen molar-refractivity contribution in [3.8, 4) is 5.75 Å². The van der Waals surface area contributed by atoms with Crippen LogP contribution in [-0.2, 0) is 9.53 Å². The first kappa shape index (κ1) is 24.9. The second-order valence-electron chi connectivity index (χ2n) is 8.19. The van der Waals surface area contributed by atoms with Crippen molar-refractivity contribution in [2.45, 2.75) is 39.7 Å². The second kappa shape index (κ2) is 11.9. The number of ether oxygens (including phenoxy) is 2. The highest BCUT2D eigenvalue weighted by atomic mass is 16.6. The molecule has 0 spiro atoms. The Morgan fingerprint density at radius 1 is 1.09 bits per heavy atom. The van der Waals surface area contributed by atoms with Crippen molar-refractivity contribution in [2.24, 2.45) is 5.41 Å². The zero-order valence-corrected chi connectivity index (χ0v) is 18.7. The van der Waals surface area contributed by atoms with Crippen LogP contribution in [0.25, 0.3) is 0 Å². The van der Waals surface area contributed by atoms with Crippen LogP contribution in [0.3, 0.4) is 0 Å². The van der Waals surface area contributed by atoms with Crippen molar-refractivity contribution in [3.05, 3.63) is 71.8 Å². The summed E-state index contributed by atoms with van der Waals surface area (Å²) in [4.78, 5) is 23.4. The van der Waals surface area contributed by atoms with Gasteiger partial charge in [-0.15, -0.1) is 0 Å². The van der Waals surface area contributed by atoms with Gasteiger partial charge >= 0.3 is 12.1 Å². The SMILES string of the molecule is Cc1ccc(NC(=O)O[C@H](c2ccc(OCCO)cc2)C(C)(C)CC/C=C/C(=O)O)cc1. The Hall–Kier alpha value is -3.32. The van der Waals surface area contributed by atoms with E-state index in [2.05, 4.69) is 5.32 Å². The average molecular weight is 442 g/mol. The van der Waals surface area contributed by atoms with Crippen molar-refractivity contribution in [3.63, 3.8) is 0 Å². The van der Waals surface area contributed by atoms with Gasteiger partial charge in [-0.2, -0.15) is 0 Å². The largest absolute Gasteiger partial charge is 0.491 e. The van der Waals surface area contributed by atoms with E-state index < -0.39 is 23.6 Å². The number of aliphatic carboxylic acids is 1. The number of carbonyl (C=O) groups is 2. The molecule has 0 aromatic heterocycles. The van der Waals surface area contributed by atoms with E-state index in [1.165, 1.54) is 0 Å². The molecule has 0 radical (unpaired) electrons. The number of carboxylic acid groups (broad SMARTS) is 1. The van der Waals surface area contributed by atoms with Gasteiger partial charge in [0, 0.05) is 17.2 Å². The third kappa shape index (κ3) is 8.07. The molecule has 0 saturated carbocycles. The summed E-state index contributed by atoms with van der Waals surface area (Å²) >= 11 is 0. The van der Waals surface area contributed by atoms with Crippen LogP contribution in [0.4, 0.5) is 10.5 Å². The minimum Gasteiger partial charge on any atom is -0.491 e. The summed E-state index contributed by atoms with van der Waals surface area (Å²) in [5, 5.41) is 20.5. The summed E-state index contributed by atoms with van der Waals surface area (Å²) in [5.74, 6) is -0.389. The summed E-state index contributed by atoms with van der Waals surface area (Å²) < 4.78 is 11.3. The molecule has 172 valence electrons. The molecule has 3 N–H and O–H groups in total. The molecular weight excluding hydrogens is 410 g/mol. The first-order valence-corrected chi connectivity index (χ1v) is 10.5. The maximum atomic E-state index is 12.7. The lowest BCUT2D eigenvalue weighted by Crippen LogP contribution is -2.29. The van der Waals surface area contributed by atoms with E-state index in [1.807, 2.05) is 45.0 Å². The van der Waals surface area contributed by atoms with Gasteiger partial charge < -0.3 is 19.7 Å². The molecule has 0 fully saturated rings. The minimum atomic E-state index is -0.994. The van der Waals surface area contributed by atoms with Crippen LogP contribution in [0.1, 0.15) is 43.9 Å². The predicted octanol–water partition coefficient (Wildman–Crippen LogP) is 5.10. The normalized spacial score (nSPS) is 12.4. The van der Waals surface area contributed by atoms with Crippen LogP contribution in [0.15, 0.2) is 60.7 Å². The number of amides is 1. The van der Waals surface area contributed by atoms with Gasteiger partial charge in [0.15, 0.2) is 0 Å². The van der Waals surface area contributed by atoms with Crippen LogP contribution in [0.5, 0.6) is 5.75 Å². The number of anilines is 1. The Bertz CT molecular complexity index is 903. The Morgan fingerprint density at radius 2 is 1.75 bits per heavy atom. The van der Waals surface area contributed by atoms with Gasteiger partial charge in [-0.05, 0) is 49.6 Å². The molecule has 0 bridgehead atoms. The van der Waals surface area contributed by atoms with Crippen LogP contribution >= 0.6 is 0 Å². The molecule has 32 heavy (non-hydrogen) atoms. The topological polar surface area (TPSA) is 105 Å². The zero-order valence-electron chi connectivity index (χ0n) is 18.7. The van der Waals surface area contributed by atoms with E-state index in [9.17, 15) is 9.59 Å². The molecule has 0 heterocycles. The quantitative estimate of drug-likeness (QED) is 0.419. The molecule has 7 nitrogen and oxygen atoms in total. The van der Waals surface area contributed by atoms with Gasteiger partial charge in [-0.1, -0.05) is 49.8 Å². The number of aliphatic hydroxyl groups excluding tert-OH is 1. The van der Waals surface area contributed by atoms with Crippen LogP contribution < -0.4 is 10.1 Å². The number of benzene rings is 2. The summed E-state index contributed by atoms with van der Waals surface area (Å²) in [5.41, 5.74) is 2.02. The van der Waals surface area contributed by atoms with E-state index in [0.717, 1.165) is 17.2 Å². The predicted molar refractivity (Wildman–Crippen MR) is 123 cm³/mol. The fourth-order valence-corrected chi connectivity index (χ4v) is 3.24. The number of allylic oxidation sites excluding steroid dienone is 1. The van der Waals surface area contributed by atoms with Gasteiger partial charge in [0.2, 0.25) is 0 Å². The number of rotatable bonds is 11. The average Bonchev–Trinajstić information content (AvgIpc) is 2.75. The number of aliphatic hydroxyl groups is 1. The summed E-state index contributed by atoms with van der Waals surface area (Å²) in [6, 6.07) is 14.6. The maximum Gasteiger partial charge on any atom is 0.412 e. The number of hydrogen-bond donors (Lipinski definition) is 3. The maximum absolute atomic E-state index is 12.7. The highest BCUT2D eigenvalue weighted by Crippen LogP contribution is 2.41. The van der Waals surface area contributed by atoms with E-state index in [1.54, 1.807) is 30.3 Å². The van der Waals surface area contributed by atoms with Crippen molar-refractivity contribution in [1.82, 2.24) is 0 Å². The lowest BCUT2D eigenvalue weighted by atomic mass is 9.78. The molecule has 0 unspecified atom stereocenters. The number of aryl methyl sites for hydroxylation is 1. The van der Waals surface area contributed by atoms with Crippen LogP contribution in [-0.4, -0.2) is 35.5 Å². The van der Waals surface area contributed by atoms with E-state index >= 15 is 0 Å². The molecule has 2 aromatic carbocycles. The molecule has 2 aromatic rings. The first-order chi connectivity index (χ1) is 15.2. The van der Waals surface area contributed by atoms with Gasteiger partial charge in [-0.3, -0.25) is 5.32 Å². The summed E-state index contributed by atoms with van der Waals surface area (Å²) in [6.45, 7) is 6.03. The Kier molecular flexibility index (Phi) is 9.28. The van der Waals surface area contributed by atoms with Crippen LogP contribution in [0, 0.1) is 12.3 Å². The van der Waals surface area contributed by atoms with Crippen molar-refractivity contribution in [2.75, 3.05) is 18.5 Å². The number of nitrogens with one attached hydrogen (secondary N) is 1. The second-order valence-corrected chi connectivity index (χ2v) is 8.19. The zero-order chi connectivity index (χ0) is 23.6. The van der Waals surface area contributed by atoms with Crippen molar-refractivity contribution < 1.29 is 29.3 Å². The molecule has 0 aliphatic heterocycles. The smallest absolute Gasteiger partial charge is 0.412 e. The minimum absolute atomic E-state index is 0.0798.